The lowest BCUT2D eigenvalue weighted by Crippen LogP contribution is -2.39. The number of thiazole rings is 2. The molecule has 1 atom stereocenters. The molecule has 33 heavy (non-hydrogen) atoms. The molecule has 0 radical (unpaired) electrons. The van der Waals surface area contributed by atoms with Gasteiger partial charge in [-0.25, -0.2) is 14.8 Å². The Morgan fingerprint density at radius 1 is 1.03 bits per heavy atom. The number of hydrogen-bond donors (Lipinski definition) is 1. The Bertz CT molecular complexity index is 1250. The van der Waals surface area contributed by atoms with Gasteiger partial charge in [0, 0.05) is 19.0 Å². The van der Waals surface area contributed by atoms with Crippen molar-refractivity contribution in [2.24, 2.45) is 0 Å². The number of nitrogens with zero attached hydrogens (tertiary/aromatic N) is 3. The Labute approximate surface area is 200 Å². The topological polar surface area (TPSA) is 83.4 Å². The Kier molecular flexibility index (Phi) is 6.96. The van der Waals surface area contributed by atoms with Gasteiger partial charge in [0.2, 0.25) is 0 Å². The van der Waals surface area contributed by atoms with Crippen LogP contribution in [-0.2, 0) is 13.0 Å². The van der Waals surface area contributed by atoms with Crippen LogP contribution in [0.1, 0.15) is 42.7 Å². The number of rotatable bonds is 8. The summed E-state index contributed by atoms with van der Waals surface area (Å²) in [6, 6.07) is 19.4. The molecule has 0 aliphatic carbocycles. The molecule has 0 bridgehead atoms. The fourth-order valence-electron chi connectivity index (χ4n) is 3.57. The summed E-state index contributed by atoms with van der Waals surface area (Å²) in [6.07, 6.45) is 1.83. The van der Waals surface area contributed by atoms with E-state index in [1.54, 1.807) is 4.90 Å². The summed E-state index contributed by atoms with van der Waals surface area (Å²) in [7, 11) is 0. The fourth-order valence-corrected chi connectivity index (χ4v) is 5.36. The first kappa shape index (κ1) is 22.8. The molecule has 0 spiro atoms. The highest BCUT2D eigenvalue weighted by atomic mass is 32.1. The Morgan fingerprint density at radius 2 is 1.70 bits per heavy atom. The fraction of sp³-hybridized carbons (Fsp3) is 0.200. The number of hydrogen-bond acceptors (Lipinski definition) is 6. The molecule has 2 aromatic heterocycles. The number of amides is 1. The molecule has 0 saturated heterocycles. The molecule has 0 aliphatic rings. The average molecular weight is 478 g/mol. The van der Waals surface area contributed by atoms with Crippen LogP contribution >= 0.6 is 22.7 Å². The van der Waals surface area contributed by atoms with Crippen molar-refractivity contribution in [3.8, 4) is 10.4 Å². The Hall–Kier alpha value is -3.36. The maximum atomic E-state index is 13.9. The van der Waals surface area contributed by atoms with E-state index in [-0.39, 0.29) is 16.8 Å². The highest BCUT2D eigenvalue weighted by molar-refractivity contribution is 7.15. The summed E-state index contributed by atoms with van der Waals surface area (Å²) in [6.45, 7) is 4.29. The zero-order valence-electron chi connectivity index (χ0n) is 18.3. The van der Waals surface area contributed by atoms with Crippen LogP contribution in [0.15, 0.2) is 66.9 Å². The van der Waals surface area contributed by atoms with Gasteiger partial charge in [-0.3, -0.25) is 4.79 Å². The molecule has 6 nitrogen and oxygen atoms in total. The van der Waals surface area contributed by atoms with E-state index in [2.05, 4.69) is 9.97 Å². The lowest BCUT2D eigenvalue weighted by atomic mass is 10.1. The quantitative estimate of drug-likeness (QED) is 0.360. The molecular weight excluding hydrogens is 454 g/mol. The van der Waals surface area contributed by atoms with Gasteiger partial charge in [-0.15, -0.1) is 22.7 Å². The van der Waals surface area contributed by atoms with Gasteiger partial charge in [0.15, 0.2) is 0 Å². The molecule has 4 aromatic rings. The SMILES string of the molecule is Cc1nc(C(=O)N(Cc2ccccc2)C(C)Cc2ncc(C(=O)O)s2)c(-c2ccccc2)s1. The third-order valence-corrected chi connectivity index (χ3v) is 7.22. The molecule has 2 aromatic carbocycles. The molecular formula is C25H23N3O3S2. The molecule has 1 N–H and O–H groups in total. The zero-order valence-corrected chi connectivity index (χ0v) is 19.9. The lowest BCUT2D eigenvalue weighted by molar-refractivity contribution is 0.0668. The minimum atomic E-state index is -0.992. The summed E-state index contributed by atoms with van der Waals surface area (Å²) in [5.74, 6) is -1.14. The predicted octanol–water partition coefficient (Wildman–Crippen LogP) is 5.55. The lowest BCUT2D eigenvalue weighted by Gasteiger charge is -2.29. The van der Waals surface area contributed by atoms with E-state index in [1.807, 2.05) is 74.5 Å². The van der Waals surface area contributed by atoms with Crippen molar-refractivity contribution in [2.75, 3.05) is 0 Å². The van der Waals surface area contributed by atoms with Crippen molar-refractivity contribution in [3.05, 3.63) is 93.0 Å². The van der Waals surface area contributed by atoms with Crippen LogP contribution in [0.2, 0.25) is 0 Å². The van der Waals surface area contributed by atoms with Crippen molar-refractivity contribution in [1.29, 1.82) is 0 Å². The third kappa shape index (κ3) is 5.35. The number of carboxylic acid groups (broad SMARTS) is 1. The van der Waals surface area contributed by atoms with Crippen molar-refractivity contribution >= 4 is 34.6 Å². The van der Waals surface area contributed by atoms with E-state index in [1.165, 1.54) is 17.5 Å². The summed E-state index contributed by atoms with van der Waals surface area (Å²) in [4.78, 5) is 36.8. The third-order valence-electron chi connectivity index (χ3n) is 5.20. The largest absolute Gasteiger partial charge is 0.477 e. The van der Waals surface area contributed by atoms with Gasteiger partial charge in [0.1, 0.15) is 10.6 Å². The van der Waals surface area contributed by atoms with Crippen molar-refractivity contribution < 1.29 is 14.7 Å². The van der Waals surface area contributed by atoms with Crippen molar-refractivity contribution in [3.63, 3.8) is 0 Å². The van der Waals surface area contributed by atoms with Crippen LogP contribution in [-0.4, -0.2) is 37.9 Å². The van der Waals surface area contributed by atoms with Gasteiger partial charge >= 0.3 is 5.97 Å². The molecule has 0 saturated carbocycles. The molecule has 4 rings (SSSR count). The first-order valence-electron chi connectivity index (χ1n) is 10.5. The second kappa shape index (κ2) is 10.1. The van der Waals surface area contributed by atoms with Gasteiger partial charge in [-0.05, 0) is 25.0 Å². The summed E-state index contributed by atoms with van der Waals surface area (Å²) in [5.41, 5.74) is 2.41. The monoisotopic (exact) mass is 477 g/mol. The number of aryl methyl sites for hydroxylation is 1. The standard InChI is InChI=1S/C25H23N3O3S2/c1-16(13-21-26-14-20(33-21)25(30)31)28(15-18-9-5-3-6-10-18)24(29)22-23(32-17(2)27-22)19-11-7-4-8-12-19/h3-12,14,16H,13,15H2,1-2H3,(H,30,31). The predicted molar refractivity (Wildman–Crippen MR) is 131 cm³/mol. The minimum absolute atomic E-state index is 0.149. The number of aromatic nitrogens is 2. The summed E-state index contributed by atoms with van der Waals surface area (Å²) >= 11 is 2.65. The maximum absolute atomic E-state index is 13.9. The van der Waals surface area contributed by atoms with Gasteiger partial charge < -0.3 is 10.0 Å². The number of benzene rings is 2. The number of carbonyl (C=O) groups excluding carboxylic acids is 1. The molecule has 1 unspecified atom stereocenters. The van der Waals surface area contributed by atoms with Gasteiger partial charge in [0.05, 0.1) is 21.1 Å². The maximum Gasteiger partial charge on any atom is 0.347 e. The minimum Gasteiger partial charge on any atom is -0.477 e. The van der Waals surface area contributed by atoms with Crippen LogP contribution in [0.5, 0.6) is 0 Å². The first-order chi connectivity index (χ1) is 15.9. The highest BCUT2D eigenvalue weighted by Gasteiger charge is 2.28. The molecule has 0 aliphatic heterocycles. The van der Waals surface area contributed by atoms with E-state index >= 15 is 0 Å². The second-order valence-corrected chi connectivity index (χ2v) is 9.99. The number of carboxylic acids is 1. The van der Waals surface area contributed by atoms with Crippen LogP contribution in [0, 0.1) is 6.92 Å². The smallest absolute Gasteiger partial charge is 0.347 e. The van der Waals surface area contributed by atoms with E-state index in [0.717, 1.165) is 32.3 Å². The van der Waals surface area contributed by atoms with Gasteiger partial charge in [-0.2, -0.15) is 0 Å². The average Bonchev–Trinajstić information content (AvgIpc) is 3.45. The van der Waals surface area contributed by atoms with Crippen molar-refractivity contribution in [2.45, 2.75) is 32.9 Å². The van der Waals surface area contributed by atoms with Crippen molar-refractivity contribution in [1.82, 2.24) is 14.9 Å². The Morgan fingerprint density at radius 3 is 2.33 bits per heavy atom. The molecule has 0 fully saturated rings. The molecule has 8 heteroatoms. The van der Waals surface area contributed by atoms with E-state index < -0.39 is 5.97 Å². The highest BCUT2D eigenvalue weighted by Crippen LogP contribution is 2.32. The molecule has 2 heterocycles. The van der Waals surface area contributed by atoms with Gasteiger partial charge in [-0.1, -0.05) is 60.7 Å². The zero-order chi connectivity index (χ0) is 23.4. The summed E-state index contributed by atoms with van der Waals surface area (Å²) < 4.78 is 0. The molecule has 168 valence electrons. The van der Waals surface area contributed by atoms with E-state index in [4.69, 9.17) is 0 Å². The van der Waals surface area contributed by atoms with E-state index in [0.29, 0.717) is 23.7 Å². The van der Waals surface area contributed by atoms with Crippen LogP contribution in [0.25, 0.3) is 10.4 Å². The van der Waals surface area contributed by atoms with E-state index in [9.17, 15) is 14.7 Å². The van der Waals surface area contributed by atoms with Crippen LogP contribution in [0.4, 0.5) is 0 Å². The van der Waals surface area contributed by atoms with Crippen LogP contribution in [0.3, 0.4) is 0 Å². The Balaban J connectivity index is 1.67. The number of aromatic carboxylic acids is 1. The molecule has 1 amide bonds. The normalized spacial score (nSPS) is 11.8. The van der Waals surface area contributed by atoms with Gasteiger partial charge in [0.25, 0.3) is 5.91 Å². The first-order valence-corrected chi connectivity index (χ1v) is 12.1. The van der Waals surface area contributed by atoms with Crippen LogP contribution < -0.4 is 0 Å². The second-order valence-electron chi connectivity index (χ2n) is 7.67. The number of carbonyl (C=O) groups is 2. The summed E-state index contributed by atoms with van der Waals surface area (Å²) in [5, 5.41) is 10.7.